The molecule has 0 spiro atoms. The van der Waals surface area contributed by atoms with Gasteiger partial charge in [-0.2, -0.15) is 0 Å². The van der Waals surface area contributed by atoms with Crippen LogP contribution in [-0.2, 0) is 0 Å². The highest BCUT2D eigenvalue weighted by molar-refractivity contribution is 5.48. The van der Waals surface area contributed by atoms with E-state index in [9.17, 15) is 9.59 Å². The Labute approximate surface area is 71.3 Å². The Hall–Kier alpha value is -2.11. The van der Waals surface area contributed by atoms with Crippen LogP contribution >= 0.6 is 0 Å². The highest BCUT2D eigenvalue weighted by atomic mass is 16.3. The van der Waals surface area contributed by atoms with Crippen molar-refractivity contribution in [2.75, 3.05) is 0 Å². The fraction of sp³-hybridized carbons (Fsp3) is 0. The van der Waals surface area contributed by atoms with Crippen molar-refractivity contribution in [3.8, 4) is 11.5 Å². The van der Waals surface area contributed by atoms with Gasteiger partial charge in [-0.3, -0.25) is 9.78 Å². The molecule has 2 aromatic rings. The van der Waals surface area contributed by atoms with E-state index in [2.05, 4.69) is 15.0 Å². The largest absolute Gasteiger partial charge is 0.444 e. The maximum atomic E-state index is 11.2. The van der Waals surface area contributed by atoms with Crippen LogP contribution in [0.25, 0.3) is 11.5 Å². The van der Waals surface area contributed by atoms with E-state index in [0.717, 1.165) is 0 Å². The lowest BCUT2D eigenvalue weighted by atomic mass is 10.3. The second-order valence-electron chi connectivity index (χ2n) is 2.32. The van der Waals surface area contributed by atoms with E-state index in [1.807, 2.05) is 0 Å². The lowest BCUT2D eigenvalue weighted by Gasteiger charge is -1.90. The van der Waals surface area contributed by atoms with Crippen LogP contribution in [-0.4, -0.2) is 15.0 Å². The molecule has 6 nitrogen and oxygen atoms in total. The molecule has 6 heteroatoms. The summed E-state index contributed by atoms with van der Waals surface area (Å²) in [5.74, 6) is 0.178. The summed E-state index contributed by atoms with van der Waals surface area (Å²) in [6.07, 6.45) is 4.02. The maximum Gasteiger partial charge on any atom is 0.325 e. The minimum Gasteiger partial charge on any atom is -0.444 e. The van der Waals surface area contributed by atoms with Crippen LogP contribution in [0.1, 0.15) is 0 Å². The Morgan fingerprint density at radius 1 is 1.38 bits per heavy atom. The number of aromatic nitrogens is 3. The zero-order valence-corrected chi connectivity index (χ0v) is 6.40. The molecule has 0 aliphatic rings. The summed E-state index contributed by atoms with van der Waals surface area (Å²) < 4.78 is 4.89. The second kappa shape index (κ2) is 2.74. The third-order valence-electron chi connectivity index (χ3n) is 1.48. The van der Waals surface area contributed by atoms with Gasteiger partial charge in [0.05, 0.1) is 6.20 Å². The van der Waals surface area contributed by atoms with Crippen LogP contribution < -0.4 is 11.2 Å². The summed E-state index contributed by atoms with van der Waals surface area (Å²) >= 11 is 0. The first kappa shape index (κ1) is 7.53. The Balaban J connectivity index is 2.67. The van der Waals surface area contributed by atoms with Crippen molar-refractivity contribution in [1.29, 1.82) is 0 Å². The van der Waals surface area contributed by atoms with Crippen LogP contribution in [0.3, 0.4) is 0 Å². The van der Waals surface area contributed by atoms with Crippen molar-refractivity contribution in [3.63, 3.8) is 0 Å². The molecule has 0 saturated heterocycles. The smallest absolute Gasteiger partial charge is 0.325 e. The van der Waals surface area contributed by atoms with Crippen LogP contribution in [0.4, 0.5) is 0 Å². The van der Waals surface area contributed by atoms with E-state index in [1.54, 1.807) is 0 Å². The molecule has 0 bridgehead atoms. The molecule has 0 fully saturated rings. The molecule has 2 N–H and O–H groups in total. The summed E-state index contributed by atoms with van der Waals surface area (Å²) in [6, 6.07) is 0. The number of hydrogen-bond donors (Lipinski definition) is 2. The Kier molecular flexibility index (Phi) is 1.59. The predicted molar refractivity (Wildman–Crippen MR) is 43.2 cm³/mol. The molecule has 2 heterocycles. The molecular formula is C7H5N3O3. The Bertz CT molecular complexity index is 508. The number of oxazole rings is 1. The van der Waals surface area contributed by atoms with Gasteiger partial charge in [-0.05, 0) is 0 Å². The summed E-state index contributed by atoms with van der Waals surface area (Å²) in [5.41, 5.74) is -0.879. The summed E-state index contributed by atoms with van der Waals surface area (Å²) in [7, 11) is 0. The molecule has 0 aromatic carbocycles. The van der Waals surface area contributed by atoms with Crippen molar-refractivity contribution in [3.05, 3.63) is 39.5 Å². The molecule has 13 heavy (non-hydrogen) atoms. The standard InChI is InChI=1S/C7H5N3O3/c11-5-4(3-9-7(12)10-5)6-8-1-2-13-6/h1-3H,(H2,9,10,11,12). The van der Waals surface area contributed by atoms with Crippen LogP contribution in [0.15, 0.2) is 32.7 Å². The molecule has 0 atom stereocenters. The van der Waals surface area contributed by atoms with Gasteiger partial charge in [-0.15, -0.1) is 0 Å². The SMILES string of the molecule is O=c1[nH]cc(-c2ncco2)c(=O)[nH]1. The minimum atomic E-state index is -0.555. The minimum absolute atomic E-state index is 0.178. The van der Waals surface area contributed by atoms with Crippen molar-refractivity contribution < 1.29 is 4.42 Å². The molecule has 66 valence electrons. The Morgan fingerprint density at radius 2 is 2.23 bits per heavy atom. The van der Waals surface area contributed by atoms with E-state index in [-0.39, 0.29) is 11.5 Å². The van der Waals surface area contributed by atoms with Gasteiger partial charge in [0.1, 0.15) is 11.8 Å². The molecule has 2 rings (SSSR count). The molecule has 0 saturated carbocycles. The average molecular weight is 179 g/mol. The Morgan fingerprint density at radius 3 is 2.85 bits per heavy atom. The first-order chi connectivity index (χ1) is 6.27. The number of rotatable bonds is 1. The van der Waals surface area contributed by atoms with Gasteiger partial charge in [-0.1, -0.05) is 0 Å². The predicted octanol–water partition coefficient (Wildman–Crippen LogP) is -0.282. The molecular weight excluding hydrogens is 174 g/mol. The third-order valence-corrected chi connectivity index (χ3v) is 1.48. The van der Waals surface area contributed by atoms with E-state index < -0.39 is 11.2 Å². The average Bonchev–Trinajstić information content (AvgIpc) is 2.56. The van der Waals surface area contributed by atoms with Crippen molar-refractivity contribution in [2.45, 2.75) is 0 Å². The number of nitrogens with one attached hydrogen (secondary N) is 2. The highest BCUT2D eigenvalue weighted by Gasteiger charge is 2.06. The third kappa shape index (κ3) is 1.28. The van der Waals surface area contributed by atoms with Gasteiger partial charge in [0.15, 0.2) is 0 Å². The normalized spacial score (nSPS) is 10.2. The number of aromatic amines is 2. The number of nitrogens with zero attached hydrogens (tertiary/aromatic N) is 1. The molecule has 2 aromatic heterocycles. The molecule has 0 amide bonds. The van der Waals surface area contributed by atoms with E-state index in [4.69, 9.17) is 4.42 Å². The first-order valence-electron chi connectivity index (χ1n) is 3.49. The van der Waals surface area contributed by atoms with Gasteiger partial charge in [0, 0.05) is 6.20 Å². The number of hydrogen-bond acceptors (Lipinski definition) is 4. The summed E-state index contributed by atoms with van der Waals surface area (Å²) in [4.78, 5) is 30.0. The lowest BCUT2D eigenvalue weighted by molar-refractivity contribution is 0.573. The van der Waals surface area contributed by atoms with E-state index in [0.29, 0.717) is 0 Å². The fourth-order valence-electron chi connectivity index (χ4n) is 0.925. The van der Waals surface area contributed by atoms with E-state index in [1.165, 1.54) is 18.7 Å². The zero-order valence-electron chi connectivity index (χ0n) is 6.40. The highest BCUT2D eigenvalue weighted by Crippen LogP contribution is 2.08. The van der Waals surface area contributed by atoms with Gasteiger partial charge >= 0.3 is 5.69 Å². The lowest BCUT2D eigenvalue weighted by Crippen LogP contribution is -2.22. The monoisotopic (exact) mass is 179 g/mol. The van der Waals surface area contributed by atoms with Gasteiger partial charge < -0.3 is 9.40 Å². The fourth-order valence-corrected chi connectivity index (χ4v) is 0.925. The van der Waals surface area contributed by atoms with Crippen molar-refractivity contribution in [1.82, 2.24) is 15.0 Å². The van der Waals surface area contributed by atoms with Crippen LogP contribution in [0, 0.1) is 0 Å². The summed E-state index contributed by atoms with van der Waals surface area (Å²) in [6.45, 7) is 0. The van der Waals surface area contributed by atoms with Crippen LogP contribution in [0.5, 0.6) is 0 Å². The number of H-pyrrole nitrogens is 2. The molecule has 0 aliphatic carbocycles. The van der Waals surface area contributed by atoms with Crippen molar-refractivity contribution in [2.24, 2.45) is 0 Å². The van der Waals surface area contributed by atoms with Gasteiger partial charge in [-0.25, -0.2) is 9.78 Å². The quantitative estimate of drug-likeness (QED) is 0.629. The molecule has 0 aliphatic heterocycles. The van der Waals surface area contributed by atoms with Crippen LogP contribution in [0.2, 0.25) is 0 Å². The maximum absolute atomic E-state index is 11.2. The molecule has 0 unspecified atom stereocenters. The zero-order chi connectivity index (χ0) is 9.26. The van der Waals surface area contributed by atoms with E-state index >= 15 is 0 Å². The first-order valence-corrected chi connectivity index (χ1v) is 3.49. The topological polar surface area (TPSA) is 91.8 Å². The van der Waals surface area contributed by atoms with Gasteiger partial charge in [0.2, 0.25) is 5.89 Å². The second-order valence-corrected chi connectivity index (χ2v) is 2.32. The molecule has 0 radical (unpaired) electrons. The van der Waals surface area contributed by atoms with Crippen molar-refractivity contribution >= 4 is 0 Å². The summed E-state index contributed by atoms with van der Waals surface area (Å²) in [5, 5.41) is 0. The van der Waals surface area contributed by atoms with Gasteiger partial charge in [0.25, 0.3) is 5.56 Å².